The number of carbonyl (C=O) groups is 1. The third-order valence-corrected chi connectivity index (χ3v) is 5.03. The number of piperazine rings is 1. The van der Waals surface area contributed by atoms with Crippen LogP contribution in [0.2, 0.25) is 0 Å². The Hall–Kier alpha value is -2.91. The first-order chi connectivity index (χ1) is 14.3. The molecular formula is C21H31N7O2. The lowest BCUT2D eigenvalue weighted by Crippen LogP contribution is -2.48. The summed E-state index contributed by atoms with van der Waals surface area (Å²) >= 11 is 0. The highest BCUT2D eigenvalue weighted by atomic mass is 16.3. The molecule has 162 valence electrons. The number of anilines is 4. The van der Waals surface area contributed by atoms with Crippen LogP contribution >= 0.6 is 0 Å². The minimum Gasteiger partial charge on any atom is -0.383 e. The van der Waals surface area contributed by atoms with Crippen LogP contribution in [0.15, 0.2) is 30.3 Å². The van der Waals surface area contributed by atoms with Crippen LogP contribution in [0.25, 0.3) is 0 Å². The fourth-order valence-corrected chi connectivity index (χ4v) is 3.32. The summed E-state index contributed by atoms with van der Waals surface area (Å²) in [5, 5.41) is 24.5. The van der Waals surface area contributed by atoms with Crippen LogP contribution in [-0.2, 0) is 4.79 Å². The maximum Gasteiger partial charge on any atom is 0.219 e. The number of nitrogens with two attached hydrogens (primary N) is 1. The van der Waals surface area contributed by atoms with Gasteiger partial charge in [0, 0.05) is 57.1 Å². The smallest absolute Gasteiger partial charge is 0.219 e. The Kier molecular flexibility index (Phi) is 7.07. The van der Waals surface area contributed by atoms with Crippen molar-refractivity contribution >= 4 is 28.8 Å². The van der Waals surface area contributed by atoms with Crippen molar-refractivity contribution in [3.05, 3.63) is 36.0 Å². The lowest BCUT2D eigenvalue weighted by molar-refractivity contribution is -0.129. The molecule has 30 heavy (non-hydrogen) atoms. The summed E-state index contributed by atoms with van der Waals surface area (Å²) < 4.78 is 0. The number of amides is 1. The molecule has 1 aliphatic rings. The third-order valence-electron chi connectivity index (χ3n) is 5.03. The Bertz CT molecular complexity index is 847. The van der Waals surface area contributed by atoms with E-state index in [1.165, 1.54) is 0 Å². The Balaban J connectivity index is 1.66. The van der Waals surface area contributed by atoms with Crippen molar-refractivity contribution in [1.29, 1.82) is 0 Å². The highest BCUT2D eigenvalue weighted by molar-refractivity contribution is 5.73. The van der Waals surface area contributed by atoms with E-state index < -0.39 is 6.23 Å². The van der Waals surface area contributed by atoms with Gasteiger partial charge in [-0.2, -0.15) is 0 Å². The van der Waals surface area contributed by atoms with Crippen molar-refractivity contribution < 1.29 is 9.90 Å². The molecular weight excluding hydrogens is 382 g/mol. The van der Waals surface area contributed by atoms with Crippen molar-refractivity contribution in [2.45, 2.75) is 27.0 Å². The number of hydrogen-bond donors (Lipinski definition) is 4. The monoisotopic (exact) mass is 413 g/mol. The molecule has 9 heteroatoms. The summed E-state index contributed by atoms with van der Waals surface area (Å²) in [7, 11) is 0. The topological polar surface area (TPSA) is 120 Å². The Morgan fingerprint density at radius 1 is 1.17 bits per heavy atom. The van der Waals surface area contributed by atoms with Crippen LogP contribution in [-0.4, -0.2) is 58.8 Å². The average Bonchev–Trinajstić information content (AvgIpc) is 2.73. The number of aromatic nitrogens is 2. The summed E-state index contributed by atoms with van der Waals surface area (Å²) in [6, 6.07) is 9.88. The molecule has 3 rings (SSSR count). The highest BCUT2D eigenvalue weighted by Crippen LogP contribution is 2.25. The summed E-state index contributed by atoms with van der Waals surface area (Å²) in [6.45, 7) is 9.69. The van der Waals surface area contributed by atoms with Gasteiger partial charge in [0.25, 0.3) is 0 Å². The van der Waals surface area contributed by atoms with Gasteiger partial charge < -0.3 is 31.3 Å². The number of aliphatic hydroxyl groups is 1. The lowest BCUT2D eigenvalue weighted by atomic mass is 10.2. The van der Waals surface area contributed by atoms with E-state index >= 15 is 0 Å². The van der Waals surface area contributed by atoms with E-state index in [0.29, 0.717) is 23.1 Å². The molecule has 5 N–H and O–H groups in total. The first-order valence-electron chi connectivity index (χ1n) is 10.3. The number of nitrogens with zero attached hydrogens (tertiary/aromatic N) is 4. The van der Waals surface area contributed by atoms with Crippen molar-refractivity contribution in [3.8, 4) is 0 Å². The number of aliphatic hydroxyl groups excluding tert-OH is 1. The molecule has 1 saturated heterocycles. The van der Waals surface area contributed by atoms with Crippen molar-refractivity contribution in [3.63, 3.8) is 0 Å². The molecule has 0 spiro atoms. The predicted molar refractivity (Wildman–Crippen MR) is 119 cm³/mol. The van der Waals surface area contributed by atoms with E-state index in [0.717, 1.165) is 44.1 Å². The maximum absolute atomic E-state index is 11.5. The van der Waals surface area contributed by atoms with E-state index in [4.69, 9.17) is 5.73 Å². The van der Waals surface area contributed by atoms with Crippen LogP contribution < -0.4 is 21.3 Å². The molecule has 1 aliphatic heterocycles. The minimum atomic E-state index is -1.19. The van der Waals surface area contributed by atoms with Crippen LogP contribution in [0.5, 0.6) is 0 Å². The van der Waals surface area contributed by atoms with Gasteiger partial charge in [-0.05, 0) is 30.2 Å². The second-order valence-electron chi connectivity index (χ2n) is 7.91. The Morgan fingerprint density at radius 2 is 1.83 bits per heavy atom. The first-order valence-corrected chi connectivity index (χ1v) is 10.3. The summed E-state index contributed by atoms with van der Waals surface area (Å²) in [6.07, 6.45) is -1.19. The molecule has 1 unspecified atom stereocenters. The van der Waals surface area contributed by atoms with E-state index in [2.05, 4.69) is 51.7 Å². The zero-order valence-electron chi connectivity index (χ0n) is 17.8. The molecule has 9 nitrogen and oxygen atoms in total. The van der Waals surface area contributed by atoms with Gasteiger partial charge in [-0.3, -0.25) is 4.79 Å². The normalized spacial score (nSPS) is 15.3. The van der Waals surface area contributed by atoms with E-state index in [1.807, 2.05) is 17.0 Å². The van der Waals surface area contributed by atoms with Gasteiger partial charge in [-0.15, -0.1) is 10.2 Å². The summed E-state index contributed by atoms with van der Waals surface area (Å²) in [5.41, 5.74) is 8.59. The van der Waals surface area contributed by atoms with Gasteiger partial charge in [0.05, 0.1) is 5.69 Å². The quantitative estimate of drug-likeness (QED) is 0.508. The zero-order chi connectivity index (χ0) is 21.7. The molecule has 0 aliphatic carbocycles. The van der Waals surface area contributed by atoms with E-state index in [9.17, 15) is 9.90 Å². The molecule has 2 heterocycles. The van der Waals surface area contributed by atoms with Crippen molar-refractivity contribution in [2.24, 2.45) is 11.7 Å². The van der Waals surface area contributed by atoms with Crippen molar-refractivity contribution in [2.75, 3.05) is 48.3 Å². The first kappa shape index (κ1) is 21.8. The fourth-order valence-electron chi connectivity index (χ4n) is 3.32. The van der Waals surface area contributed by atoms with E-state index in [1.54, 1.807) is 13.0 Å². The maximum atomic E-state index is 11.5. The number of nitrogens with one attached hydrogen (secondary N) is 2. The molecule has 0 saturated carbocycles. The van der Waals surface area contributed by atoms with Crippen LogP contribution in [0, 0.1) is 5.92 Å². The second-order valence-corrected chi connectivity index (χ2v) is 7.91. The van der Waals surface area contributed by atoms with Gasteiger partial charge in [-0.1, -0.05) is 13.8 Å². The van der Waals surface area contributed by atoms with Gasteiger partial charge >= 0.3 is 0 Å². The Morgan fingerprint density at radius 3 is 2.40 bits per heavy atom. The number of benzene rings is 1. The average molecular weight is 414 g/mol. The number of hydrogen-bond acceptors (Lipinski definition) is 8. The fraction of sp³-hybridized carbons (Fsp3) is 0.476. The summed E-state index contributed by atoms with van der Waals surface area (Å²) in [4.78, 5) is 15.6. The standard InChI is InChI=1S/C21H31N7O2/c1-14(2)13-23-18-12-19(25-26-20(18)21(22)30)24-16-4-6-17(7-5-16)28-10-8-27(9-11-28)15(3)29/h4-7,12,14,21,30H,8-11,13,22H2,1-3H3,(H2,23,24,25). The molecule has 0 radical (unpaired) electrons. The lowest BCUT2D eigenvalue weighted by Gasteiger charge is -2.35. The third kappa shape index (κ3) is 5.58. The molecule has 1 amide bonds. The van der Waals surface area contributed by atoms with Gasteiger partial charge in [0.2, 0.25) is 5.91 Å². The van der Waals surface area contributed by atoms with Crippen molar-refractivity contribution in [1.82, 2.24) is 15.1 Å². The summed E-state index contributed by atoms with van der Waals surface area (Å²) in [5.74, 6) is 1.13. The minimum absolute atomic E-state index is 0.130. The Labute approximate surface area is 177 Å². The molecule has 0 bridgehead atoms. The van der Waals surface area contributed by atoms with Crippen LogP contribution in [0.4, 0.5) is 22.9 Å². The van der Waals surface area contributed by atoms with Crippen LogP contribution in [0.1, 0.15) is 32.7 Å². The van der Waals surface area contributed by atoms with Crippen LogP contribution in [0.3, 0.4) is 0 Å². The van der Waals surface area contributed by atoms with Gasteiger partial charge in [-0.25, -0.2) is 0 Å². The predicted octanol–water partition coefficient (Wildman–Crippen LogP) is 1.91. The van der Waals surface area contributed by atoms with Gasteiger partial charge in [0.15, 0.2) is 5.82 Å². The number of carbonyl (C=O) groups excluding carboxylic acids is 1. The highest BCUT2D eigenvalue weighted by Gasteiger charge is 2.19. The van der Waals surface area contributed by atoms with E-state index in [-0.39, 0.29) is 5.91 Å². The molecule has 2 aromatic rings. The zero-order valence-corrected chi connectivity index (χ0v) is 17.8. The second kappa shape index (κ2) is 9.73. The largest absolute Gasteiger partial charge is 0.383 e. The molecule has 1 aromatic carbocycles. The number of rotatable bonds is 7. The molecule has 1 atom stereocenters. The molecule has 1 fully saturated rings. The van der Waals surface area contributed by atoms with Gasteiger partial charge in [0.1, 0.15) is 11.9 Å². The molecule has 1 aromatic heterocycles. The SMILES string of the molecule is CC(=O)N1CCN(c2ccc(Nc3cc(NCC(C)C)c(C(N)O)nn3)cc2)CC1.